The van der Waals surface area contributed by atoms with Gasteiger partial charge in [0, 0.05) is 0 Å². The molecular weight excluding hydrogens is 228 g/mol. The van der Waals surface area contributed by atoms with Crippen molar-refractivity contribution in [2.24, 2.45) is 0 Å². The van der Waals surface area contributed by atoms with E-state index in [-0.39, 0.29) is 0 Å². The van der Waals surface area contributed by atoms with Crippen molar-refractivity contribution in [3.8, 4) is 11.1 Å². The van der Waals surface area contributed by atoms with Crippen LogP contribution in [0.1, 0.15) is 50.8 Å². The Bertz CT molecular complexity index is 509. The molecule has 0 nitrogen and oxygen atoms in total. The van der Waals surface area contributed by atoms with Crippen LogP contribution in [-0.2, 0) is 6.42 Å². The maximum absolute atomic E-state index is 2.30. The Morgan fingerprint density at radius 1 is 0.842 bits per heavy atom. The zero-order valence-corrected chi connectivity index (χ0v) is 13.0. The molecule has 0 spiro atoms. The van der Waals surface area contributed by atoms with Crippen molar-refractivity contribution in [2.75, 3.05) is 0 Å². The fourth-order valence-corrected chi connectivity index (χ4v) is 2.27. The molecule has 0 N–H and O–H groups in total. The molecule has 0 radical (unpaired) electrons. The number of hydrogen-bond donors (Lipinski definition) is 0. The van der Waals surface area contributed by atoms with Gasteiger partial charge in [0.15, 0.2) is 0 Å². The van der Waals surface area contributed by atoms with Crippen molar-refractivity contribution in [3.63, 3.8) is 0 Å². The summed E-state index contributed by atoms with van der Waals surface area (Å²) in [4.78, 5) is 0. The van der Waals surface area contributed by atoms with Crippen LogP contribution >= 0.6 is 0 Å². The van der Waals surface area contributed by atoms with Gasteiger partial charge < -0.3 is 0 Å². The van der Waals surface area contributed by atoms with E-state index < -0.39 is 0 Å². The van der Waals surface area contributed by atoms with Crippen LogP contribution < -0.4 is 0 Å². The zero-order chi connectivity index (χ0) is 14.3. The van der Waals surface area contributed by atoms with Crippen molar-refractivity contribution >= 4 is 0 Å². The number of benzene rings is 2. The van der Waals surface area contributed by atoms with Gasteiger partial charge in [-0.2, -0.15) is 0 Å². The SMILES string of the molecule is CC.CCC.Cc1ccc2c(c1)Cc1ccccc1-2. The van der Waals surface area contributed by atoms with E-state index >= 15 is 0 Å². The molecule has 19 heavy (non-hydrogen) atoms. The molecule has 0 atom stereocenters. The number of rotatable bonds is 0. The monoisotopic (exact) mass is 254 g/mol. The molecule has 0 heterocycles. The Morgan fingerprint density at radius 3 is 2.11 bits per heavy atom. The number of hydrogen-bond acceptors (Lipinski definition) is 0. The zero-order valence-electron chi connectivity index (χ0n) is 13.0. The van der Waals surface area contributed by atoms with E-state index in [4.69, 9.17) is 0 Å². The Balaban J connectivity index is 0.000000321. The molecule has 0 aliphatic heterocycles. The van der Waals surface area contributed by atoms with E-state index in [9.17, 15) is 0 Å². The predicted molar refractivity (Wildman–Crippen MR) is 86.7 cm³/mol. The molecular formula is C19H26. The van der Waals surface area contributed by atoms with Gasteiger partial charge in [0.2, 0.25) is 0 Å². The highest BCUT2D eigenvalue weighted by Gasteiger charge is 2.16. The summed E-state index contributed by atoms with van der Waals surface area (Å²) in [6.45, 7) is 10.4. The molecule has 0 bridgehead atoms. The fraction of sp³-hybridized carbons (Fsp3) is 0.368. The first-order valence-corrected chi connectivity index (χ1v) is 7.44. The molecule has 3 rings (SSSR count). The van der Waals surface area contributed by atoms with Crippen LogP contribution in [0.3, 0.4) is 0 Å². The summed E-state index contributed by atoms with van der Waals surface area (Å²) >= 11 is 0. The molecule has 0 saturated carbocycles. The smallest absolute Gasteiger partial charge is 0.00134 e. The molecule has 0 heteroatoms. The van der Waals surface area contributed by atoms with E-state index in [1.165, 1.54) is 34.2 Å². The highest BCUT2D eigenvalue weighted by atomic mass is 14.2. The second-order valence-corrected chi connectivity index (χ2v) is 4.70. The Labute approximate surface area is 118 Å². The maximum atomic E-state index is 2.30. The third-order valence-corrected chi connectivity index (χ3v) is 2.95. The molecule has 0 aromatic heterocycles. The molecule has 102 valence electrons. The summed E-state index contributed by atoms with van der Waals surface area (Å²) in [7, 11) is 0. The molecule has 2 aromatic rings. The summed E-state index contributed by atoms with van der Waals surface area (Å²) in [5.74, 6) is 0. The lowest BCUT2D eigenvalue weighted by Gasteiger charge is -2.00. The second kappa shape index (κ2) is 7.78. The van der Waals surface area contributed by atoms with Crippen molar-refractivity contribution in [1.82, 2.24) is 0 Å². The third-order valence-electron chi connectivity index (χ3n) is 2.95. The van der Waals surface area contributed by atoms with Gasteiger partial charge >= 0.3 is 0 Å². The van der Waals surface area contributed by atoms with E-state index in [1.807, 2.05) is 13.8 Å². The third kappa shape index (κ3) is 3.70. The number of aryl methyl sites for hydroxylation is 1. The molecule has 0 amide bonds. The lowest BCUT2D eigenvalue weighted by molar-refractivity contribution is 1.09. The summed E-state index contributed by atoms with van der Waals surface area (Å²) in [5.41, 5.74) is 7.14. The minimum Gasteiger partial charge on any atom is -0.0683 e. The van der Waals surface area contributed by atoms with Gasteiger partial charge in [-0.05, 0) is 35.6 Å². The van der Waals surface area contributed by atoms with E-state index in [1.54, 1.807) is 0 Å². The molecule has 1 aliphatic carbocycles. The van der Waals surface area contributed by atoms with Crippen LogP contribution in [0.25, 0.3) is 11.1 Å². The molecule has 1 aliphatic rings. The van der Waals surface area contributed by atoms with Gasteiger partial charge in [-0.1, -0.05) is 82.1 Å². The first-order valence-electron chi connectivity index (χ1n) is 7.44. The van der Waals surface area contributed by atoms with Crippen LogP contribution in [0.15, 0.2) is 42.5 Å². The molecule has 0 fully saturated rings. The van der Waals surface area contributed by atoms with Gasteiger partial charge in [-0.3, -0.25) is 0 Å². The van der Waals surface area contributed by atoms with E-state index in [0.717, 1.165) is 6.42 Å². The average molecular weight is 254 g/mol. The van der Waals surface area contributed by atoms with E-state index in [2.05, 4.69) is 63.2 Å². The minimum absolute atomic E-state index is 1.10. The van der Waals surface area contributed by atoms with Crippen LogP contribution in [0.2, 0.25) is 0 Å². The normalized spacial score (nSPS) is 10.4. The van der Waals surface area contributed by atoms with Crippen molar-refractivity contribution in [1.29, 1.82) is 0 Å². The number of fused-ring (bicyclic) bond motifs is 3. The highest BCUT2D eigenvalue weighted by Crippen LogP contribution is 2.36. The first-order chi connectivity index (χ1) is 9.26. The van der Waals surface area contributed by atoms with Crippen LogP contribution in [0.4, 0.5) is 0 Å². The molecule has 0 saturated heterocycles. The van der Waals surface area contributed by atoms with Gasteiger partial charge in [-0.15, -0.1) is 0 Å². The van der Waals surface area contributed by atoms with Crippen LogP contribution in [-0.4, -0.2) is 0 Å². The summed E-state index contributed by atoms with van der Waals surface area (Å²) in [6, 6.07) is 15.4. The summed E-state index contributed by atoms with van der Waals surface area (Å²) in [5, 5.41) is 0. The largest absolute Gasteiger partial charge is 0.0683 e. The van der Waals surface area contributed by atoms with Crippen molar-refractivity contribution < 1.29 is 0 Å². The van der Waals surface area contributed by atoms with Crippen molar-refractivity contribution in [3.05, 3.63) is 59.2 Å². The van der Waals surface area contributed by atoms with Crippen LogP contribution in [0, 0.1) is 6.92 Å². The Morgan fingerprint density at radius 2 is 1.42 bits per heavy atom. The standard InChI is InChI=1S/C14H12.C3H8.C2H6/c1-10-6-7-14-12(8-10)9-11-4-2-3-5-13(11)14;1-3-2;1-2/h2-8H,9H2,1H3;3H2,1-2H3;1-2H3. The fourth-order valence-electron chi connectivity index (χ4n) is 2.27. The summed E-state index contributed by atoms with van der Waals surface area (Å²) in [6.07, 6.45) is 2.35. The van der Waals surface area contributed by atoms with Crippen LogP contribution in [0.5, 0.6) is 0 Å². The molecule has 0 unspecified atom stereocenters. The minimum atomic E-state index is 1.10. The average Bonchev–Trinajstić information content (AvgIpc) is 2.79. The predicted octanol–water partition coefficient (Wildman–Crippen LogP) is 6.01. The van der Waals surface area contributed by atoms with Gasteiger partial charge in [0.1, 0.15) is 0 Å². The molecule has 2 aromatic carbocycles. The maximum Gasteiger partial charge on any atom is -0.00134 e. The van der Waals surface area contributed by atoms with Gasteiger partial charge in [0.05, 0.1) is 0 Å². The van der Waals surface area contributed by atoms with Gasteiger partial charge in [0.25, 0.3) is 0 Å². The van der Waals surface area contributed by atoms with Crippen molar-refractivity contribution in [2.45, 2.75) is 47.5 Å². The first kappa shape index (κ1) is 15.5. The van der Waals surface area contributed by atoms with E-state index in [0.29, 0.717) is 0 Å². The topological polar surface area (TPSA) is 0 Å². The quantitative estimate of drug-likeness (QED) is 0.461. The Kier molecular flexibility index (Phi) is 6.35. The highest BCUT2D eigenvalue weighted by molar-refractivity contribution is 5.76. The van der Waals surface area contributed by atoms with Gasteiger partial charge in [-0.25, -0.2) is 0 Å². The second-order valence-electron chi connectivity index (χ2n) is 4.70. The Hall–Kier alpha value is -1.56. The summed E-state index contributed by atoms with van der Waals surface area (Å²) < 4.78 is 0. The lowest BCUT2D eigenvalue weighted by Crippen LogP contribution is -1.80. The lowest BCUT2D eigenvalue weighted by atomic mass is 10.0.